The molecule has 0 spiro atoms. The summed E-state index contributed by atoms with van der Waals surface area (Å²) in [5.41, 5.74) is 9.44. The van der Waals surface area contributed by atoms with Gasteiger partial charge in [-0.2, -0.15) is 0 Å². The highest BCUT2D eigenvalue weighted by molar-refractivity contribution is 9.10. The summed E-state index contributed by atoms with van der Waals surface area (Å²) >= 11 is 3.52. The first-order valence-corrected chi connectivity index (χ1v) is 5.93. The highest BCUT2D eigenvalue weighted by Crippen LogP contribution is 2.41. The van der Waals surface area contributed by atoms with Crippen LogP contribution in [0.4, 0.5) is 5.88 Å². The SMILES string of the molecule is Cc1c(C)c(Br)c(C)c(-c2cc(N)on2)c1O. The lowest BCUT2D eigenvalue weighted by Crippen LogP contribution is -1.93. The molecule has 2 aromatic rings. The first-order chi connectivity index (χ1) is 7.93. The summed E-state index contributed by atoms with van der Waals surface area (Å²) in [5.74, 6) is 0.449. The molecule has 17 heavy (non-hydrogen) atoms. The van der Waals surface area contributed by atoms with Crippen LogP contribution in [0.5, 0.6) is 5.75 Å². The van der Waals surface area contributed by atoms with E-state index in [2.05, 4.69) is 21.1 Å². The molecule has 3 N–H and O–H groups in total. The molecule has 0 aliphatic rings. The zero-order valence-corrected chi connectivity index (χ0v) is 11.4. The fourth-order valence-electron chi connectivity index (χ4n) is 1.82. The number of aromatic hydroxyl groups is 1. The van der Waals surface area contributed by atoms with Crippen molar-refractivity contribution < 1.29 is 9.63 Å². The summed E-state index contributed by atoms with van der Waals surface area (Å²) < 4.78 is 5.80. The summed E-state index contributed by atoms with van der Waals surface area (Å²) in [4.78, 5) is 0. The Morgan fingerprint density at radius 3 is 2.41 bits per heavy atom. The van der Waals surface area contributed by atoms with E-state index in [0.717, 1.165) is 21.2 Å². The van der Waals surface area contributed by atoms with Gasteiger partial charge in [-0.05, 0) is 37.5 Å². The highest BCUT2D eigenvalue weighted by Gasteiger charge is 2.19. The van der Waals surface area contributed by atoms with E-state index < -0.39 is 0 Å². The van der Waals surface area contributed by atoms with Gasteiger partial charge in [0.05, 0.1) is 0 Å². The molecular weight excluding hydrogens is 284 g/mol. The van der Waals surface area contributed by atoms with Crippen molar-refractivity contribution in [2.45, 2.75) is 20.8 Å². The van der Waals surface area contributed by atoms with Gasteiger partial charge in [-0.15, -0.1) is 0 Å². The molecule has 2 rings (SSSR count). The summed E-state index contributed by atoms with van der Waals surface area (Å²) in [6, 6.07) is 1.60. The number of anilines is 1. The third-order valence-electron chi connectivity index (χ3n) is 2.97. The molecule has 0 atom stereocenters. The molecular formula is C12H13BrN2O2. The van der Waals surface area contributed by atoms with Crippen LogP contribution in [0.25, 0.3) is 11.3 Å². The highest BCUT2D eigenvalue weighted by atomic mass is 79.9. The maximum atomic E-state index is 10.2. The van der Waals surface area contributed by atoms with E-state index in [9.17, 15) is 5.11 Å². The van der Waals surface area contributed by atoms with Gasteiger partial charge in [-0.1, -0.05) is 21.1 Å². The van der Waals surface area contributed by atoms with Crippen molar-refractivity contribution in [3.63, 3.8) is 0 Å². The Hall–Kier alpha value is -1.49. The van der Waals surface area contributed by atoms with E-state index in [-0.39, 0.29) is 11.6 Å². The van der Waals surface area contributed by atoms with Crippen LogP contribution < -0.4 is 5.73 Å². The number of phenols is 1. The number of aromatic nitrogens is 1. The van der Waals surface area contributed by atoms with E-state index >= 15 is 0 Å². The van der Waals surface area contributed by atoms with Crippen LogP contribution in [0.3, 0.4) is 0 Å². The van der Waals surface area contributed by atoms with Crippen LogP contribution in [-0.4, -0.2) is 10.3 Å². The van der Waals surface area contributed by atoms with E-state index in [0.29, 0.717) is 11.3 Å². The number of nitrogens with zero attached hydrogens (tertiary/aromatic N) is 1. The Morgan fingerprint density at radius 1 is 1.24 bits per heavy atom. The van der Waals surface area contributed by atoms with Crippen molar-refractivity contribution in [2.24, 2.45) is 0 Å². The zero-order valence-electron chi connectivity index (χ0n) is 9.84. The fourth-order valence-corrected chi connectivity index (χ4v) is 2.31. The molecule has 0 aliphatic carbocycles. The third-order valence-corrected chi connectivity index (χ3v) is 4.16. The summed E-state index contributed by atoms with van der Waals surface area (Å²) in [6.07, 6.45) is 0. The molecule has 1 aromatic heterocycles. The second-order valence-electron chi connectivity index (χ2n) is 4.03. The maximum Gasteiger partial charge on any atom is 0.222 e. The first kappa shape index (κ1) is 12.0. The molecule has 0 aliphatic heterocycles. The number of hydrogen-bond acceptors (Lipinski definition) is 4. The first-order valence-electron chi connectivity index (χ1n) is 5.14. The lowest BCUT2D eigenvalue weighted by Gasteiger charge is -2.14. The van der Waals surface area contributed by atoms with Gasteiger partial charge in [0.15, 0.2) is 0 Å². The van der Waals surface area contributed by atoms with Gasteiger partial charge in [0.25, 0.3) is 0 Å². The molecule has 0 saturated heterocycles. The summed E-state index contributed by atoms with van der Waals surface area (Å²) in [5, 5.41) is 14.0. The largest absolute Gasteiger partial charge is 0.507 e. The monoisotopic (exact) mass is 296 g/mol. The van der Waals surface area contributed by atoms with Crippen LogP contribution in [0, 0.1) is 20.8 Å². The smallest absolute Gasteiger partial charge is 0.222 e. The van der Waals surface area contributed by atoms with Crippen molar-refractivity contribution >= 4 is 21.8 Å². The quantitative estimate of drug-likeness (QED) is 0.847. The van der Waals surface area contributed by atoms with Crippen molar-refractivity contribution in [3.05, 3.63) is 27.2 Å². The molecule has 0 amide bonds. The molecule has 4 nitrogen and oxygen atoms in total. The number of phenolic OH excluding ortho intramolecular Hbond substituents is 1. The number of nitrogens with two attached hydrogens (primary N) is 1. The number of rotatable bonds is 1. The zero-order chi connectivity index (χ0) is 12.7. The Kier molecular flexibility index (Phi) is 2.87. The van der Waals surface area contributed by atoms with E-state index in [4.69, 9.17) is 10.3 Å². The second kappa shape index (κ2) is 4.07. The van der Waals surface area contributed by atoms with E-state index in [1.165, 1.54) is 0 Å². The Morgan fingerprint density at radius 2 is 1.88 bits per heavy atom. The number of benzene rings is 1. The Bertz CT molecular complexity index is 561. The lowest BCUT2D eigenvalue weighted by atomic mass is 9.97. The normalized spacial score (nSPS) is 10.8. The number of hydrogen-bond donors (Lipinski definition) is 2. The maximum absolute atomic E-state index is 10.2. The van der Waals surface area contributed by atoms with Gasteiger partial charge in [-0.25, -0.2) is 0 Å². The Balaban J connectivity index is 2.78. The number of halogens is 1. The molecule has 0 unspecified atom stereocenters. The summed E-state index contributed by atoms with van der Waals surface area (Å²) in [7, 11) is 0. The van der Waals surface area contributed by atoms with Gasteiger partial charge in [0, 0.05) is 16.1 Å². The Labute approximate surface area is 108 Å². The van der Waals surface area contributed by atoms with Crippen molar-refractivity contribution in [3.8, 4) is 17.0 Å². The standard InChI is InChI=1S/C12H13BrN2O2/c1-5-6(2)12(16)10(7(3)11(5)13)8-4-9(14)17-15-8/h4,16H,14H2,1-3H3. The van der Waals surface area contributed by atoms with Crippen molar-refractivity contribution in [1.29, 1.82) is 0 Å². The molecule has 0 radical (unpaired) electrons. The van der Waals surface area contributed by atoms with Crippen LogP contribution in [-0.2, 0) is 0 Å². The van der Waals surface area contributed by atoms with Gasteiger partial charge >= 0.3 is 0 Å². The van der Waals surface area contributed by atoms with E-state index in [1.54, 1.807) is 6.07 Å². The molecule has 0 saturated carbocycles. The minimum Gasteiger partial charge on any atom is -0.507 e. The van der Waals surface area contributed by atoms with Crippen LogP contribution >= 0.6 is 15.9 Å². The van der Waals surface area contributed by atoms with Crippen molar-refractivity contribution in [1.82, 2.24) is 5.16 Å². The fraction of sp³-hybridized carbons (Fsp3) is 0.250. The lowest BCUT2D eigenvalue weighted by molar-refractivity contribution is 0.437. The van der Waals surface area contributed by atoms with Gasteiger partial charge in [-0.3, -0.25) is 0 Å². The minimum atomic E-state index is 0.219. The molecule has 0 bridgehead atoms. The van der Waals surface area contributed by atoms with Crippen molar-refractivity contribution in [2.75, 3.05) is 5.73 Å². The third kappa shape index (κ3) is 1.80. The van der Waals surface area contributed by atoms with Gasteiger partial charge in [0.2, 0.25) is 5.88 Å². The average Bonchev–Trinajstić information content (AvgIpc) is 2.71. The van der Waals surface area contributed by atoms with Crippen LogP contribution in [0.15, 0.2) is 15.1 Å². The summed E-state index contributed by atoms with van der Waals surface area (Å²) in [6.45, 7) is 5.73. The topological polar surface area (TPSA) is 72.3 Å². The molecule has 1 heterocycles. The second-order valence-corrected chi connectivity index (χ2v) is 4.82. The van der Waals surface area contributed by atoms with Gasteiger partial charge < -0.3 is 15.4 Å². The minimum absolute atomic E-state index is 0.219. The average molecular weight is 297 g/mol. The molecule has 5 heteroatoms. The predicted molar refractivity (Wildman–Crippen MR) is 69.9 cm³/mol. The molecule has 90 valence electrons. The van der Waals surface area contributed by atoms with Crippen LogP contribution in [0.2, 0.25) is 0 Å². The van der Waals surface area contributed by atoms with Crippen LogP contribution in [0.1, 0.15) is 16.7 Å². The number of nitrogen functional groups attached to an aromatic ring is 1. The van der Waals surface area contributed by atoms with Gasteiger partial charge in [0.1, 0.15) is 11.4 Å². The van der Waals surface area contributed by atoms with E-state index in [1.807, 2.05) is 20.8 Å². The molecule has 1 aromatic carbocycles. The molecule has 0 fully saturated rings. The predicted octanol–water partition coefficient (Wildman–Crippen LogP) is 3.32.